The highest BCUT2D eigenvalue weighted by Crippen LogP contribution is 2.26. The SMILES string of the molecule is CONC(=O)c1cn(-c2ccc3c(c2)CCC3)c2nc(Nc3ccc(CCO)cc3)ncc2c1=O. The second-order valence-corrected chi connectivity index (χ2v) is 8.41. The van der Waals surface area contributed by atoms with E-state index >= 15 is 0 Å². The number of nitrogens with zero attached hydrogens (tertiary/aromatic N) is 3. The number of benzene rings is 2. The monoisotopic (exact) mass is 471 g/mol. The van der Waals surface area contributed by atoms with Gasteiger partial charge in [0.05, 0.1) is 12.5 Å². The Hall–Kier alpha value is -4.08. The predicted molar refractivity (Wildman–Crippen MR) is 132 cm³/mol. The van der Waals surface area contributed by atoms with Crippen LogP contribution in [0.25, 0.3) is 16.7 Å². The normalized spacial score (nSPS) is 12.5. The number of aryl methyl sites for hydroxylation is 2. The average Bonchev–Trinajstić information content (AvgIpc) is 3.34. The number of carbonyl (C=O) groups is 1. The number of rotatable bonds is 7. The van der Waals surface area contributed by atoms with Crippen molar-refractivity contribution in [1.29, 1.82) is 0 Å². The van der Waals surface area contributed by atoms with E-state index in [0.29, 0.717) is 18.0 Å². The van der Waals surface area contributed by atoms with Crippen molar-refractivity contribution in [1.82, 2.24) is 20.0 Å². The molecule has 1 aliphatic carbocycles. The highest BCUT2D eigenvalue weighted by Gasteiger charge is 2.19. The van der Waals surface area contributed by atoms with Crippen LogP contribution in [0.3, 0.4) is 0 Å². The molecular weight excluding hydrogens is 446 g/mol. The maximum atomic E-state index is 13.1. The Morgan fingerprint density at radius 3 is 2.71 bits per heavy atom. The highest BCUT2D eigenvalue weighted by atomic mass is 16.6. The van der Waals surface area contributed by atoms with Gasteiger partial charge in [-0.15, -0.1) is 0 Å². The second-order valence-electron chi connectivity index (χ2n) is 8.41. The lowest BCUT2D eigenvalue weighted by Crippen LogP contribution is -2.29. The second kappa shape index (κ2) is 9.65. The van der Waals surface area contributed by atoms with Crippen molar-refractivity contribution in [2.75, 3.05) is 19.0 Å². The molecule has 0 fully saturated rings. The topological polar surface area (TPSA) is 118 Å². The van der Waals surface area contributed by atoms with E-state index < -0.39 is 11.3 Å². The quantitative estimate of drug-likeness (QED) is 0.355. The van der Waals surface area contributed by atoms with Crippen LogP contribution in [0.15, 0.2) is 59.7 Å². The molecular formula is C26H25N5O4. The van der Waals surface area contributed by atoms with Crippen molar-refractivity contribution in [3.05, 3.63) is 87.3 Å². The van der Waals surface area contributed by atoms with Crippen LogP contribution in [0, 0.1) is 0 Å². The van der Waals surface area contributed by atoms with Crippen LogP contribution in [0.2, 0.25) is 0 Å². The van der Waals surface area contributed by atoms with Gasteiger partial charge in [-0.2, -0.15) is 4.98 Å². The molecule has 9 heteroatoms. The summed E-state index contributed by atoms with van der Waals surface area (Å²) in [7, 11) is 1.31. The number of hydroxylamine groups is 1. The number of aliphatic hydroxyl groups excluding tert-OH is 1. The number of hydrogen-bond acceptors (Lipinski definition) is 7. The summed E-state index contributed by atoms with van der Waals surface area (Å²) in [5.74, 6) is -0.324. The minimum Gasteiger partial charge on any atom is -0.396 e. The summed E-state index contributed by atoms with van der Waals surface area (Å²) in [5, 5.41) is 12.5. The number of nitrogens with one attached hydrogen (secondary N) is 2. The number of anilines is 2. The number of carbonyl (C=O) groups excluding carboxylic acids is 1. The summed E-state index contributed by atoms with van der Waals surface area (Å²) in [6, 6.07) is 13.7. The molecule has 4 aromatic rings. The molecule has 9 nitrogen and oxygen atoms in total. The molecule has 5 rings (SSSR count). The van der Waals surface area contributed by atoms with Crippen molar-refractivity contribution in [2.45, 2.75) is 25.7 Å². The van der Waals surface area contributed by atoms with Gasteiger partial charge in [-0.3, -0.25) is 14.4 Å². The Morgan fingerprint density at radius 1 is 1.14 bits per heavy atom. The molecule has 178 valence electrons. The first-order chi connectivity index (χ1) is 17.1. The molecule has 0 atom stereocenters. The van der Waals surface area contributed by atoms with Crippen LogP contribution in [-0.4, -0.2) is 39.3 Å². The summed E-state index contributed by atoms with van der Waals surface area (Å²) in [4.78, 5) is 39.4. The van der Waals surface area contributed by atoms with Gasteiger partial charge in [0.2, 0.25) is 11.4 Å². The molecule has 2 heterocycles. The fourth-order valence-corrected chi connectivity index (χ4v) is 4.40. The fraction of sp³-hybridized carbons (Fsp3) is 0.231. The Bertz CT molecular complexity index is 1460. The lowest BCUT2D eigenvalue weighted by atomic mass is 10.1. The first-order valence-corrected chi connectivity index (χ1v) is 11.4. The van der Waals surface area contributed by atoms with Crippen LogP contribution in [-0.2, 0) is 24.1 Å². The van der Waals surface area contributed by atoms with E-state index in [1.165, 1.54) is 30.6 Å². The Kier molecular flexibility index (Phi) is 6.26. The average molecular weight is 472 g/mol. The lowest BCUT2D eigenvalue weighted by Gasteiger charge is -2.15. The third kappa shape index (κ3) is 4.51. The molecule has 0 spiro atoms. The van der Waals surface area contributed by atoms with Gasteiger partial charge >= 0.3 is 0 Å². The summed E-state index contributed by atoms with van der Waals surface area (Å²) in [6.07, 6.45) is 6.66. The maximum absolute atomic E-state index is 13.1. The van der Waals surface area contributed by atoms with E-state index in [2.05, 4.69) is 32.9 Å². The number of fused-ring (bicyclic) bond motifs is 2. The molecule has 0 saturated carbocycles. The van der Waals surface area contributed by atoms with Crippen molar-refractivity contribution >= 4 is 28.6 Å². The molecule has 0 saturated heterocycles. The molecule has 3 N–H and O–H groups in total. The van der Waals surface area contributed by atoms with Gasteiger partial charge in [-0.05, 0) is 66.6 Å². The standard InChI is InChI=1S/C26H25N5O4/c1-35-30-25(34)22-15-31(20-10-7-17-3-2-4-18(17)13-20)24-21(23(22)33)14-27-26(29-24)28-19-8-5-16(6-9-19)11-12-32/h5-10,13-15,32H,2-4,11-12H2,1H3,(H,30,34)(H,27,28,29). The zero-order valence-electron chi connectivity index (χ0n) is 19.2. The minimum atomic E-state index is -0.639. The van der Waals surface area contributed by atoms with E-state index in [-0.39, 0.29) is 17.6 Å². The Labute approximate surface area is 201 Å². The van der Waals surface area contributed by atoms with Crippen LogP contribution < -0.4 is 16.2 Å². The van der Waals surface area contributed by atoms with Gasteiger partial charge in [-0.1, -0.05) is 18.2 Å². The van der Waals surface area contributed by atoms with Gasteiger partial charge < -0.3 is 15.0 Å². The van der Waals surface area contributed by atoms with E-state index in [0.717, 1.165) is 36.2 Å². The first-order valence-electron chi connectivity index (χ1n) is 11.4. The van der Waals surface area contributed by atoms with E-state index in [4.69, 9.17) is 9.94 Å². The van der Waals surface area contributed by atoms with Crippen LogP contribution >= 0.6 is 0 Å². The molecule has 1 amide bonds. The summed E-state index contributed by atoms with van der Waals surface area (Å²) in [5.41, 5.74) is 7.23. The number of hydrogen-bond donors (Lipinski definition) is 3. The summed E-state index contributed by atoms with van der Waals surface area (Å²) in [6.45, 7) is 0.0885. The van der Waals surface area contributed by atoms with Crippen molar-refractivity contribution < 1.29 is 14.7 Å². The predicted octanol–water partition coefficient (Wildman–Crippen LogP) is 2.84. The molecule has 0 radical (unpaired) electrons. The van der Waals surface area contributed by atoms with Gasteiger partial charge in [-0.25, -0.2) is 10.5 Å². The molecule has 2 aromatic carbocycles. The highest BCUT2D eigenvalue weighted by molar-refractivity contribution is 5.96. The molecule has 0 unspecified atom stereocenters. The fourth-order valence-electron chi connectivity index (χ4n) is 4.40. The van der Waals surface area contributed by atoms with Crippen molar-refractivity contribution in [2.24, 2.45) is 0 Å². The van der Waals surface area contributed by atoms with Gasteiger partial charge in [0.1, 0.15) is 5.56 Å². The minimum absolute atomic E-state index is 0.0661. The number of pyridine rings is 1. The van der Waals surface area contributed by atoms with E-state index in [9.17, 15) is 9.59 Å². The molecule has 0 aliphatic heterocycles. The third-order valence-corrected chi connectivity index (χ3v) is 6.15. The van der Waals surface area contributed by atoms with Gasteiger partial charge in [0.15, 0.2) is 5.65 Å². The number of amides is 1. The van der Waals surface area contributed by atoms with Crippen LogP contribution in [0.5, 0.6) is 0 Å². The Balaban J connectivity index is 1.62. The third-order valence-electron chi connectivity index (χ3n) is 6.15. The lowest BCUT2D eigenvalue weighted by molar-refractivity contribution is 0.0536. The molecule has 1 aliphatic rings. The summed E-state index contributed by atoms with van der Waals surface area (Å²) >= 11 is 0. The molecule has 35 heavy (non-hydrogen) atoms. The zero-order chi connectivity index (χ0) is 24.4. The number of aliphatic hydroxyl groups is 1. The molecule has 2 aromatic heterocycles. The largest absolute Gasteiger partial charge is 0.396 e. The molecule has 0 bridgehead atoms. The smallest absolute Gasteiger partial charge is 0.280 e. The van der Waals surface area contributed by atoms with Gasteiger partial charge in [0.25, 0.3) is 5.91 Å². The number of aromatic nitrogens is 3. The first kappa shape index (κ1) is 22.7. The van der Waals surface area contributed by atoms with E-state index in [1.54, 1.807) is 4.57 Å². The summed E-state index contributed by atoms with van der Waals surface area (Å²) < 4.78 is 1.75. The van der Waals surface area contributed by atoms with Crippen LogP contribution in [0.1, 0.15) is 33.5 Å². The maximum Gasteiger partial charge on any atom is 0.280 e. The zero-order valence-corrected chi connectivity index (χ0v) is 19.2. The van der Waals surface area contributed by atoms with Crippen LogP contribution in [0.4, 0.5) is 11.6 Å². The van der Waals surface area contributed by atoms with Gasteiger partial charge in [0, 0.05) is 30.4 Å². The van der Waals surface area contributed by atoms with E-state index in [1.807, 2.05) is 30.3 Å². The van der Waals surface area contributed by atoms with Crippen molar-refractivity contribution in [3.63, 3.8) is 0 Å². The van der Waals surface area contributed by atoms with Crippen molar-refractivity contribution in [3.8, 4) is 5.69 Å². The Morgan fingerprint density at radius 2 is 1.94 bits per heavy atom.